The molecule has 0 unspecified atom stereocenters. The summed E-state index contributed by atoms with van der Waals surface area (Å²) in [5.41, 5.74) is 1.23. The number of hydrogen-bond acceptors (Lipinski definition) is 2. The summed E-state index contributed by atoms with van der Waals surface area (Å²) in [6.45, 7) is 0.603. The molecule has 0 aromatic heterocycles. The van der Waals surface area contributed by atoms with Crippen molar-refractivity contribution in [1.82, 2.24) is 5.32 Å². The fourth-order valence-electron chi connectivity index (χ4n) is 1.81. The molecule has 1 aliphatic carbocycles. The SMILES string of the molecule is O=C(O)CCCC(=O)NCCC1=CCCC=CC=C1. The first-order chi connectivity index (χ1) is 9.18. The average molecular weight is 263 g/mol. The minimum Gasteiger partial charge on any atom is -0.481 e. The lowest BCUT2D eigenvalue weighted by Gasteiger charge is -2.06. The van der Waals surface area contributed by atoms with Gasteiger partial charge >= 0.3 is 5.97 Å². The van der Waals surface area contributed by atoms with Crippen molar-refractivity contribution in [2.75, 3.05) is 6.54 Å². The Bertz CT molecular complexity index is 394. The van der Waals surface area contributed by atoms with Gasteiger partial charge in [-0.05, 0) is 25.7 Å². The Kier molecular flexibility index (Phi) is 7.32. The smallest absolute Gasteiger partial charge is 0.303 e. The van der Waals surface area contributed by atoms with Crippen LogP contribution in [0.4, 0.5) is 0 Å². The van der Waals surface area contributed by atoms with Crippen LogP contribution in [0.25, 0.3) is 0 Å². The Balaban J connectivity index is 2.17. The summed E-state index contributed by atoms with van der Waals surface area (Å²) in [5, 5.41) is 11.3. The minimum atomic E-state index is -0.856. The highest BCUT2D eigenvalue weighted by Gasteiger charge is 2.03. The van der Waals surface area contributed by atoms with Gasteiger partial charge in [-0.2, -0.15) is 0 Å². The normalized spacial score (nSPS) is 14.4. The Morgan fingerprint density at radius 2 is 2.05 bits per heavy atom. The van der Waals surface area contributed by atoms with Crippen molar-refractivity contribution in [2.24, 2.45) is 0 Å². The number of carbonyl (C=O) groups is 2. The van der Waals surface area contributed by atoms with E-state index in [1.54, 1.807) is 0 Å². The lowest BCUT2D eigenvalue weighted by Crippen LogP contribution is -2.24. The molecule has 0 atom stereocenters. The summed E-state index contributed by atoms with van der Waals surface area (Å²) in [7, 11) is 0. The van der Waals surface area contributed by atoms with Crippen LogP contribution in [0.2, 0.25) is 0 Å². The quantitative estimate of drug-likeness (QED) is 0.742. The van der Waals surface area contributed by atoms with Gasteiger partial charge in [0.1, 0.15) is 0 Å². The number of allylic oxidation sites excluding steroid dienone is 5. The molecule has 1 rings (SSSR count). The van der Waals surface area contributed by atoms with E-state index in [4.69, 9.17) is 5.11 Å². The van der Waals surface area contributed by atoms with Crippen molar-refractivity contribution in [2.45, 2.75) is 38.5 Å². The Hall–Kier alpha value is -1.84. The molecule has 0 saturated carbocycles. The standard InChI is InChI=1S/C15H21NO3/c17-14(9-6-10-15(18)19)16-12-11-13-7-4-2-1-3-5-8-13/h1-2,4,7-8H,3,5-6,9-12H2,(H,16,17)(H,18,19). The van der Waals surface area contributed by atoms with Crippen LogP contribution in [-0.4, -0.2) is 23.5 Å². The second kappa shape index (κ2) is 9.14. The molecule has 0 spiro atoms. The molecule has 1 aliphatic rings. The zero-order valence-corrected chi connectivity index (χ0v) is 11.1. The van der Waals surface area contributed by atoms with Crippen molar-refractivity contribution in [3.05, 3.63) is 36.0 Å². The highest BCUT2D eigenvalue weighted by Crippen LogP contribution is 2.09. The Morgan fingerprint density at radius 3 is 2.84 bits per heavy atom. The lowest BCUT2D eigenvalue weighted by atomic mass is 10.1. The largest absolute Gasteiger partial charge is 0.481 e. The van der Waals surface area contributed by atoms with Crippen LogP contribution in [0, 0.1) is 0 Å². The third-order valence-electron chi connectivity index (χ3n) is 2.83. The molecule has 19 heavy (non-hydrogen) atoms. The molecule has 4 nitrogen and oxygen atoms in total. The van der Waals surface area contributed by atoms with Gasteiger partial charge in [0, 0.05) is 19.4 Å². The van der Waals surface area contributed by atoms with E-state index in [0.29, 0.717) is 13.0 Å². The monoisotopic (exact) mass is 263 g/mol. The zero-order valence-electron chi connectivity index (χ0n) is 11.1. The maximum atomic E-state index is 11.4. The van der Waals surface area contributed by atoms with Crippen LogP contribution < -0.4 is 5.32 Å². The summed E-state index contributed by atoms with van der Waals surface area (Å²) >= 11 is 0. The van der Waals surface area contributed by atoms with Crippen molar-refractivity contribution in [1.29, 1.82) is 0 Å². The molecular formula is C15H21NO3. The minimum absolute atomic E-state index is 0.0493. The third-order valence-corrected chi connectivity index (χ3v) is 2.83. The molecule has 0 aromatic carbocycles. The molecule has 1 amide bonds. The second-order valence-electron chi connectivity index (χ2n) is 4.49. The predicted octanol–water partition coefficient (Wildman–Crippen LogP) is 2.58. The first-order valence-corrected chi connectivity index (χ1v) is 6.69. The zero-order chi connectivity index (χ0) is 13.9. The second-order valence-corrected chi connectivity index (χ2v) is 4.49. The Labute approximate surface area is 113 Å². The highest BCUT2D eigenvalue weighted by molar-refractivity contribution is 5.76. The highest BCUT2D eigenvalue weighted by atomic mass is 16.4. The maximum Gasteiger partial charge on any atom is 0.303 e. The topological polar surface area (TPSA) is 66.4 Å². The van der Waals surface area contributed by atoms with Gasteiger partial charge in [0.2, 0.25) is 5.91 Å². The number of aliphatic carboxylic acids is 1. The predicted molar refractivity (Wildman–Crippen MR) is 74.7 cm³/mol. The van der Waals surface area contributed by atoms with Crippen LogP contribution in [0.15, 0.2) is 36.0 Å². The summed E-state index contributed by atoms with van der Waals surface area (Å²) in [6.07, 6.45) is 14.1. The van der Waals surface area contributed by atoms with E-state index in [1.165, 1.54) is 5.57 Å². The van der Waals surface area contributed by atoms with Gasteiger partial charge in [-0.3, -0.25) is 9.59 Å². The van der Waals surface area contributed by atoms with Gasteiger partial charge in [0.05, 0.1) is 0 Å². The van der Waals surface area contributed by atoms with E-state index in [2.05, 4.69) is 23.5 Å². The number of carboxylic acid groups (broad SMARTS) is 1. The van der Waals surface area contributed by atoms with E-state index in [9.17, 15) is 9.59 Å². The summed E-state index contributed by atoms with van der Waals surface area (Å²) < 4.78 is 0. The molecule has 0 aliphatic heterocycles. The summed E-state index contributed by atoms with van der Waals surface area (Å²) in [4.78, 5) is 21.7. The third kappa shape index (κ3) is 7.97. The molecule has 104 valence electrons. The van der Waals surface area contributed by atoms with Crippen LogP contribution in [0.5, 0.6) is 0 Å². The van der Waals surface area contributed by atoms with Crippen molar-refractivity contribution >= 4 is 11.9 Å². The Morgan fingerprint density at radius 1 is 1.21 bits per heavy atom. The van der Waals surface area contributed by atoms with Gasteiger partial charge in [0.15, 0.2) is 0 Å². The van der Waals surface area contributed by atoms with Gasteiger partial charge in [-0.15, -0.1) is 0 Å². The maximum absolute atomic E-state index is 11.4. The number of nitrogens with one attached hydrogen (secondary N) is 1. The molecule has 2 N–H and O–H groups in total. The molecule has 0 fully saturated rings. The summed E-state index contributed by atoms with van der Waals surface area (Å²) in [6, 6.07) is 0. The van der Waals surface area contributed by atoms with Crippen molar-refractivity contribution < 1.29 is 14.7 Å². The van der Waals surface area contributed by atoms with Crippen LogP contribution in [-0.2, 0) is 9.59 Å². The van der Waals surface area contributed by atoms with Gasteiger partial charge < -0.3 is 10.4 Å². The molecule has 0 bridgehead atoms. The van der Waals surface area contributed by atoms with Crippen LogP contribution in [0.3, 0.4) is 0 Å². The number of rotatable bonds is 7. The number of amides is 1. The number of hydrogen-bond donors (Lipinski definition) is 2. The molecular weight excluding hydrogens is 242 g/mol. The van der Waals surface area contributed by atoms with E-state index in [-0.39, 0.29) is 18.7 Å². The molecule has 0 radical (unpaired) electrons. The first kappa shape index (κ1) is 15.2. The molecule has 0 aromatic rings. The van der Waals surface area contributed by atoms with Gasteiger partial charge in [-0.25, -0.2) is 0 Å². The van der Waals surface area contributed by atoms with E-state index >= 15 is 0 Å². The molecule has 4 heteroatoms. The fraction of sp³-hybridized carbons (Fsp3) is 0.467. The van der Waals surface area contributed by atoms with E-state index in [1.807, 2.05) is 12.2 Å². The van der Waals surface area contributed by atoms with Gasteiger partial charge in [0.25, 0.3) is 0 Å². The van der Waals surface area contributed by atoms with Crippen molar-refractivity contribution in [3.8, 4) is 0 Å². The molecule has 0 heterocycles. The number of carboxylic acids is 1. The lowest BCUT2D eigenvalue weighted by molar-refractivity contribution is -0.137. The van der Waals surface area contributed by atoms with Crippen LogP contribution >= 0.6 is 0 Å². The van der Waals surface area contributed by atoms with Crippen LogP contribution in [0.1, 0.15) is 38.5 Å². The van der Waals surface area contributed by atoms with E-state index in [0.717, 1.165) is 19.3 Å². The summed E-state index contributed by atoms with van der Waals surface area (Å²) in [5.74, 6) is -0.928. The first-order valence-electron chi connectivity index (χ1n) is 6.69. The average Bonchev–Trinajstić information content (AvgIpc) is 2.31. The molecule has 0 saturated heterocycles. The van der Waals surface area contributed by atoms with E-state index < -0.39 is 5.97 Å². The van der Waals surface area contributed by atoms with Crippen molar-refractivity contribution in [3.63, 3.8) is 0 Å². The number of carbonyl (C=O) groups excluding carboxylic acids is 1. The van der Waals surface area contributed by atoms with Gasteiger partial charge in [-0.1, -0.05) is 36.0 Å². The fourth-order valence-corrected chi connectivity index (χ4v) is 1.81.